The molecule has 2 aromatic rings. The summed E-state index contributed by atoms with van der Waals surface area (Å²) in [5.74, 6) is 1.32. The smallest absolute Gasteiger partial charge is 0.227 e. The first-order valence-corrected chi connectivity index (χ1v) is 5.20. The minimum Gasteiger partial charge on any atom is -0.399 e. The van der Waals surface area contributed by atoms with E-state index in [1.807, 2.05) is 24.3 Å². The van der Waals surface area contributed by atoms with Crippen LogP contribution >= 0.6 is 24.8 Å². The predicted molar refractivity (Wildman–Crippen MR) is 81.9 cm³/mol. The number of nitrogens with two attached hydrogens (primary N) is 2. The quantitative estimate of drug-likeness (QED) is 0.743. The molecule has 0 aliphatic carbocycles. The minimum atomic E-state index is 0. The molecule has 0 spiro atoms. The lowest BCUT2D eigenvalue weighted by molar-refractivity contribution is 0.932. The van der Waals surface area contributed by atoms with E-state index in [1.165, 1.54) is 0 Å². The fraction of sp³-hybridized carbons (Fsp3) is 0.182. The van der Waals surface area contributed by atoms with E-state index >= 15 is 0 Å². The zero-order chi connectivity index (χ0) is 12.3. The lowest BCUT2D eigenvalue weighted by Gasteiger charge is -2.04. The number of nitrogens with zero attached hydrogens (tertiary/aromatic N) is 3. The zero-order valence-electron chi connectivity index (χ0n) is 10.3. The zero-order valence-corrected chi connectivity index (χ0v) is 12.0. The van der Waals surface area contributed by atoms with Gasteiger partial charge in [-0.05, 0) is 17.7 Å². The van der Waals surface area contributed by atoms with Crippen LogP contribution in [0.1, 0.15) is 11.4 Å². The Morgan fingerprint density at radius 2 is 1.63 bits per heavy atom. The molecule has 0 amide bonds. The summed E-state index contributed by atoms with van der Waals surface area (Å²) in [4.78, 5) is 12.2. The van der Waals surface area contributed by atoms with Gasteiger partial charge in [-0.1, -0.05) is 12.1 Å². The van der Waals surface area contributed by atoms with Crippen molar-refractivity contribution in [2.75, 3.05) is 23.8 Å². The van der Waals surface area contributed by atoms with Crippen LogP contribution in [0.2, 0.25) is 0 Å². The lowest BCUT2D eigenvalue weighted by atomic mass is 10.1. The van der Waals surface area contributed by atoms with E-state index < -0.39 is 0 Å². The van der Waals surface area contributed by atoms with Gasteiger partial charge in [0.2, 0.25) is 11.9 Å². The molecule has 0 fully saturated rings. The van der Waals surface area contributed by atoms with E-state index in [9.17, 15) is 0 Å². The summed E-state index contributed by atoms with van der Waals surface area (Å²) in [7, 11) is 1.74. The van der Waals surface area contributed by atoms with Gasteiger partial charge in [0.15, 0.2) is 0 Å². The van der Waals surface area contributed by atoms with Crippen LogP contribution in [0, 0.1) is 0 Å². The third kappa shape index (κ3) is 4.76. The molecule has 0 atom stereocenters. The predicted octanol–water partition coefficient (Wildman–Crippen LogP) is 1.51. The van der Waals surface area contributed by atoms with E-state index in [0.29, 0.717) is 18.2 Å². The summed E-state index contributed by atoms with van der Waals surface area (Å²) in [5.41, 5.74) is 13.0. The van der Waals surface area contributed by atoms with Crippen molar-refractivity contribution in [2.24, 2.45) is 0 Å². The molecule has 0 radical (unpaired) electrons. The second-order valence-electron chi connectivity index (χ2n) is 3.60. The molecule has 0 saturated heterocycles. The van der Waals surface area contributed by atoms with Gasteiger partial charge < -0.3 is 16.8 Å². The number of nitrogens with one attached hydrogen (secondary N) is 1. The molecule has 5 N–H and O–H groups in total. The highest BCUT2D eigenvalue weighted by molar-refractivity contribution is 5.85. The van der Waals surface area contributed by atoms with Gasteiger partial charge in [0, 0.05) is 19.2 Å². The summed E-state index contributed by atoms with van der Waals surface area (Å²) in [6.45, 7) is 0. The van der Waals surface area contributed by atoms with Gasteiger partial charge in [-0.3, -0.25) is 0 Å². The highest BCUT2D eigenvalue weighted by Crippen LogP contribution is 2.10. The number of halogens is 2. The molecule has 6 nitrogen and oxygen atoms in total. The average molecular weight is 303 g/mol. The fourth-order valence-electron chi connectivity index (χ4n) is 1.45. The van der Waals surface area contributed by atoms with Crippen LogP contribution in [0.3, 0.4) is 0 Å². The first kappa shape index (κ1) is 17.2. The molecule has 1 aromatic heterocycles. The maximum Gasteiger partial charge on any atom is 0.227 e. The van der Waals surface area contributed by atoms with E-state index in [-0.39, 0.29) is 30.8 Å². The molecule has 2 rings (SSSR count). The van der Waals surface area contributed by atoms with Crippen LogP contribution in [-0.4, -0.2) is 22.0 Å². The van der Waals surface area contributed by atoms with E-state index in [1.54, 1.807) is 7.05 Å². The monoisotopic (exact) mass is 302 g/mol. The molecule has 19 heavy (non-hydrogen) atoms. The minimum absolute atomic E-state index is 0. The largest absolute Gasteiger partial charge is 0.399 e. The lowest BCUT2D eigenvalue weighted by Crippen LogP contribution is -2.07. The molecule has 1 aromatic carbocycles. The molecular formula is C11H16Cl2N6. The Balaban J connectivity index is 0.00000162. The summed E-state index contributed by atoms with van der Waals surface area (Å²) in [6, 6.07) is 7.57. The van der Waals surface area contributed by atoms with Crippen LogP contribution in [0.15, 0.2) is 24.3 Å². The molecule has 0 unspecified atom stereocenters. The third-order valence-electron chi connectivity index (χ3n) is 2.26. The number of anilines is 3. The molecule has 0 bridgehead atoms. The van der Waals surface area contributed by atoms with Crippen molar-refractivity contribution in [1.29, 1.82) is 0 Å². The van der Waals surface area contributed by atoms with E-state index in [0.717, 1.165) is 11.3 Å². The first-order chi connectivity index (χ1) is 8.17. The van der Waals surface area contributed by atoms with Gasteiger partial charge in [-0.15, -0.1) is 24.8 Å². The molecule has 8 heteroatoms. The van der Waals surface area contributed by atoms with Crippen molar-refractivity contribution in [2.45, 2.75) is 6.42 Å². The van der Waals surface area contributed by atoms with Gasteiger partial charge in [0.25, 0.3) is 0 Å². The van der Waals surface area contributed by atoms with Crippen LogP contribution in [0.5, 0.6) is 0 Å². The van der Waals surface area contributed by atoms with Crippen molar-refractivity contribution in [3.8, 4) is 0 Å². The van der Waals surface area contributed by atoms with Gasteiger partial charge in [-0.2, -0.15) is 15.0 Å². The average Bonchev–Trinajstić information content (AvgIpc) is 2.31. The Morgan fingerprint density at radius 1 is 1.00 bits per heavy atom. The summed E-state index contributed by atoms with van der Waals surface area (Å²) >= 11 is 0. The maximum absolute atomic E-state index is 5.62. The molecule has 0 saturated carbocycles. The Kier molecular flexibility index (Phi) is 6.89. The van der Waals surface area contributed by atoms with Crippen molar-refractivity contribution in [1.82, 2.24) is 15.0 Å². The van der Waals surface area contributed by atoms with Gasteiger partial charge in [-0.25, -0.2) is 0 Å². The van der Waals surface area contributed by atoms with Crippen molar-refractivity contribution in [3.63, 3.8) is 0 Å². The van der Waals surface area contributed by atoms with Crippen LogP contribution in [0.4, 0.5) is 17.6 Å². The Morgan fingerprint density at radius 3 is 2.21 bits per heavy atom. The third-order valence-corrected chi connectivity index (χ3v) is 2.26. The van der Waals surface area contributed by atoms with E-state index in [4.69, 9.17) is 11.5 Å². The van der Waals surface area contributed by atoms with Crippen LogP contribution < -0.4 is 16.8 Å². The van der Waals surface area contributed by atoms with Gasteiger partial charge in [0.1, 0.15) is 5.82 Å². The highest BCUT2D eigenvalue weighted by atomic mass is 35.5. The normalized spacial score (nSPS) is 9.11. The highest BCUT2D eigenvalue weighted by Gasteiger charge is 2.04. The Hall–Kier alpha value is -1.79. The first-order valence-electron chi connectivity index (χ1n) is 5.20. The standard InChI is InChI=1S/C11H14N6.2ClH/c1-14-11-16-9(15-10(13)17-11)6-7-2-4-8(12)5-3-7;;/h2-5H,6,12H2,1H3,(H3,13,14,15,16,17);2*1H. The van der Waals surface area contributed by atoms with Crippen LogP contribution in [-0.2, 0) is 6.42 Å². The van der Waals surface area contributed by atoms with Crippen molar-refractivity contribution < 1.29 is 0 Å². The molecule has 1 heterocycles. The summed E-state index contributed by atoms with van der Waals surface area (Å²) < 4.78 is 0. The topological polar surface area (TPSA) is 103 Å². The maximum atomic E-state index is 5.62. The van der Waals surface area contributed by atoms with E-state index in [2.05, 4.69) is 20.3 Å². The van der Waals surface area contributed by atoms with Crippen molar-refractivity contribution >= 4 is 42.4 Å². The SMILES string of the molecule is CNc1nc(N)nc(Cc2ccc(N)cc2)n1.Cl.Cl. The number of rotatable bonds is 3. The second-order valence-corrected chi connectivity index (χ2v) is 3.60. The molecule has 0 aliphatic heterocycles. The summed E-state index contributed by atoms with van der Waals surface area (Å²) in [6.07, 6.45) is 0.599. The Bertz CT molecular complexity index is 517. The van der Waals surface area contributed by atoms with Gasteiger partial charge in [0.05, 0.1) is 0 Å². The fourth-order valence-corrected chi connectivity index (χ4v) is 1.45. The number of hydrogen-bond donors (Lipinski definition) is 3. The van der Waals surface area contributed by atoms with Crippen molar-refractivity contribution in [3.05, 3.63) is 35.7 Å². The second kappa shape index (κ2) is 7.60. The number of hydrogen-bond acceptors (Lipinski definition) is 6. The molecule has 104 valence electrons. The molecular weight excluding hydrogens is 287 g/mol. The Labute approximate surface area is 123 Å². The van der Waals surface area contributed by atoms with Gasteiger partial charge >= 0.3 is 0 Å². The molecule has 0 aliphatic rings. The number of aromatic nitrogens is 3. The van der Waals surface area contributed by atoms with Crippen LogP contribution in [0.25, 0.3) is 0 Å². The number of nitrogen functional groups attached to an aromatic ring is 2. The number of benzene rings is 1. The summed E-state index contributed by atoms with van der Waals surface area (Å²) in [5, 5.41) is 2.84.